The van der Waals surface area contributed by atoms with Crippen LogP contribution < -0.4 is 9.04 Å². The number of hydrogen-bond donors (Lipinski definition) is 0. The third-order valence-corrected chi connectivity index (χ3v) is 7.58. The van der Waals surface area contributed by atoms with Crippen molar-refractivity contribution in [2.75, 3.05) is 30.5 Å². The molecule has 0 aliphatic carbocycles. The summed E-state index contributed by atoms with van der Waals surface area (Å²) >= 11 is 0. The number of fused-ring (bicyclic) bond motifs is 1. The Kier molecular flexibility index (Phi) is 5.50. The number of benzene rings is 2. The molecular weight excluding hydrogens is 388 g/mol. The van der Waals surface area contributed by atoms with Gasteiger partial charge in [0.15, 0.2) is 6.61 Å². The monoisotopic (exact) mass is 414 g/mol. The van der Waals surface area contributed by atoms with Crippen LogP contribution in [0.15, 0.2) is 53.4 Å². The van der Waals surface area contributed by atoms with Gasteiger partial charge >= 0.3 is 0 Å². The number of ether oxygens (including phenoxy) is 1. The fraction of sp³-hybridized carbons (Fsp3) is 0.409. The number of carbonyl (C=O) groups is 1. The highest BCUT2D eigenvalue weighted by atomic mass is 32.2. The Morgan fingerprint density at radius 2 is 1.72 bits per heavy atom. The summed E-state index contributed by atoms with van der Waals surface area (Å²) in [5.41, 5.74) is 1.79. The van der Waals surface area contributed by atoms with Gasteiger partial charge in [-0.3, -0.25) is 9.10 Å². The SMILES string of the molecule is CC1CCN(C(=O)COc2ccc(S(=O)(=O)N3CCc4ccccc43)cc2)CC1. The van der Waals surface area contributed by atoms with Gasteiger partial charge in [-0.25, -0.2) is 8.42 Å². The second kappa shape index (κ2) is 8.06. The van der Waals surface area contributed by atoms with Gasteiger partial charge in [0, 0.05) is 19.6 Å². The van der Waals surface area contributed by atoms with Gasteiger partial charge in [0.05, 0.1) is 10.6 Å². The lowest BCUT2D eigenvalue weighted by Gasteiger charge is -2.30. The van der Waals surface area contributed by atoms with Crippen molar-refractivity contribution in [3.05, 3.63) is 54.1 Å². The molecule has 6 nitrogen and oxygen atoms in total. The van der Waals surface area contributed by atoms with E-state index in [1.165, 1.54) is 4.31 Å². The molecule has 0 unspecified atom stereocenters. The van der Waals surface area contributed by atoms with E-state index >= 15 is 0 Å². The van der Waals surface area contributed by atoms with Crippen LogP contribution in [0.2, 0.25) is 0 Å². The molecule has 0 atom stereocenters. The summed E-state index contributed by atoms with van der Waals surface area (Å²) in [7, 11) is -3.62. The topological polar surface area (TPSA) is 66.9 Å². The van der Waals surface area contributed by atoms with Gasteiger partial charge in [0.25, 0.3) is 15.9 Å². The normalized spacial score (nSPS) is 17.3. The first kappa shape index (κ1) is 19.8. The maximum absolute atomic E-state index is 13.0. The molecule has 0 N–H and O–H groups in total. The van der Waals surface area contributed by atoms with Crippen LogP contribution in [0.25, 0.3) is 0 Å². The van der Waals surface area contributed by atoms with E-state index < -0.39 is 10.0 Å². The zero-order chi connectivity index (χ0) is 20.4. The lowest BCUT2D eigenvalue weighted by Crippen LogP contribution is -2.40. The van der Waals surface area contributed by atoms with Gasteiger partial charge in [-0.15, -0.1) is 0 Å². The van der Waals surface area contributed by atoms with Crippen LogP contribution in [0.1, 0.15) is 25.3 Å². The molecule has 0 saturated carbocycles. The van der Waals surface area contributed by atoms with Crippen LogP contribution in [0.4, 0.5) is 5.69 Å². The molecule has 0 spiro atoms. The fourth-order valence-electron chi connectivity index (χ4n) is 3.89. The highest BCUT2D eigenvalue weighted by molar-refractivity contribution is 7.92. The van der Waals surface area contributed by atoms with Crippen LogP contribution in [0.3, 0.4) is 0 Å². The van der Waals surface area contributed by atoms with Gasteiger partial charge in [-0.2, -0.15) is 0 Å². The van der Waals surface area contributed by atoms with Gasteiger partial charge in [0.1, 0.15) is 5.75 Å². The van der Waals surface area contributed by atoms with Gasteiger partial charge < -0.3 is 9.64 Å². The molecule has 2 aliphatic rings. The minimum Gasteiger partial charge on any atom is -0.484 e. The first-order valence-electron chi connectivity index (χ1n) is 10.1. The third kappa shape index (κ3) is 4.10. The second-order valence-corrected chi connectivity index (χ2v) is 9.64. The van der Waals surface area contributed by atoms with Crippen molar-refractivity contribution in [3.8, 4) is 5.75 Å². The molecule has 1 amide bonds. The van der Waals surface area contributed by atoms with Gasteiger partial charge in [0.2, 0.25) is 0 Å². The second-order valence-electron chi connectivity index (χ2n) is 7.78. The van der Waals surface area contributed by atoms with E-state index in [9.17, 15) is 13.2 Å². The van der Waals surface area contributed by atoms with E-state index in [-0.39, 0.29) is 17.4 Å². The number of carbonyl (C=O) groups excluding carboxylic acids is 1. The van der Waals surface area contributed by atoms with Gasteiger partial charge in [-0.05, 0) is 61.1 Å². The lowest BCUT2D eigenvalue weighted by molar-refractivity contribution is -0.134. The van der Waals surface area contributed by atoms with E-state index in [0.29, 0.717) is 24.6 Å². The quantitative estimate of drug-likeness (QED) is 0.754. The van der Waals surface area contributed by atoms with E-state index in [0.717, 1.165) is 37.2 Å². The maximum Gasteiger partial charge on any atom is 0.264 e. The Morgan fingerprint density at radius 3 is 2.45 bits per heavy atom. The average Bonchev–Trinajstić information content (AvgIpc) is 3.18. The Morgan fingerprint density at radius 1 is 1.03 bits per heavy atom. The molecule has 2 heterocycles. The van der Waals surface area contributed by atoms with E-state index in [4.69, 9.17) is 4.74 Å². The number of anilines is 1. The van der Waals surface area contributed by atoms with Crippen molar-refractivity contribution in [3.63, 3.8) is 0 Å². The first-order chi connectivity index (χ1) is 13.9. The number of para-hydroxylation sites is 1. The summed E-state index contributed by atoms with van der Waals surface area (Å²) in [4.78, 5) is 14.4. The number of sulfonamides is 1. The summed E-state index contributed by atoms with van der Waals surface area (Å²) in [5, 5.41) is 0. The molecule has 2 aromatic rings. The molecule has 29 heavy (non-hydrogen) atoms. The summed E-state index contributed by atoms with van der Waals surface area (Å²) in [5.74, 6) is 1.13. The summed E-state index contributed by atoms with van der Waals surface area (Å²) < 4.78 is 33.1. The third-order valence-electron chi connectivity index (χ3n) is 5.75. The standard InChI is InChI=1S/C22H26N2O4S/c1-17-10-13-23(14-11-17)22(25)16-28-19-6-8-20(9-7-19)29(26,27)24-15-12-18-4-2-3-5-21(18)24/h2-9,17H,10-16H2,1H3. The minimum atomic E-state index is -3.62. The molecule has 0 bridgehead atoms. The molecule has 2 aromatic carbocycles. The van der Waals surface area contributed by atoms with Gasteiger partial charge in [-0.1, -0.05) is 25.1 Å². The largest absolute Gasteiger partial charge is 0.484 e. The highest BCUT2D eigenvalue weighted by Crippen LogP contribution is 2.33. The summed E-state index contributed by atoms with van der Waals surface area (Å²) in [6, 6.07) is 13.9. The zero-order valence-corrected chi connectivity index (χ0v) is 17.4. The van der Waals surface area contributed by atoms with Crippen molar-refractivity contribution in [1.82, 2.24) is 4.90 Å². The number of piperidine rings is 1. The maximum atomic E-state index is 13.0. The molecule has 7 heteroatoms. The number of amides is 1. The Bertz CT molecular complexity index is 980. The summed E-state index contributed by atoms with van der Waals surface area (Å²) in [6.07, 6.45) is 2.77. The molecule has 4 rings (SSSR count). The molecule has 154 valence electrons. The van der Waals surface area contributed by atoms with Crippen molar-refractivity contribution in [2.24, 2.45) is 5.92 Å². The molecule has 1 fully saturated rings. The van der Waals surface area contributed by atoms with E-state index in [1.54, 1.807) is 24.3 Å². The average molecular weight is 415 g/mol. The minimum absolute atomic E-state index is 0.0257. The van der Waals surface area contributed by atoms with Crippen LogP contribution in [0, 0.1) is 5.92 Å². The van der Waals surface area contributed by atoms with E-state index in [1.807, 2.05) is 29.2 Å². The van der Waals surface area contributed by atoms with Crippen LogP contribution >= 0.6 is 0 Å². The van der Waals surface area contributed by atoms with Crippen molar-refractivity contribution in [2.45, 2.75) is 31.1 Å². The Balaban J connectivity index is 1.40. The summed E-state index contributed by atoms with van der Waals surface area (Å²) in [6.45, 7) is 4.17. The number of likely N-dealkylation sites (tertiary alicyclic amines) is 1. The zero-order valence-electron chi connectivity index (χ0n) is 16.6. The first-order valence-corrected chi connectivity index (χ1v) is 11.5. The van der Waals surface area contributed by atoms with Crippen LogP contribution in [-0.2, 0) is 21.2 Å². The van der Waals surface area contributed by atoms with Crippen LogP contribution in [0.5, 0.6) is 5.75 Å². The molecule has 0 aromatic heterocycles. The number of nitrogens with zero attached hydrogens (tertiary/aromatic N) is 2. The van der Waals surface area contributed by atoms with Crippen molar-refractivity contribution >= 4 is 21.6 Å². The van der Waals surface area contributed by atoms with Crippen molar-refractivity contribution < 1.29 is 17.9 Å². The predicted octanol–water partition coefficient (Wildman–Crippen LogP) is 3.08. The highest BCUT2D eigenvalue weighted by Gasteiger charge is 2.30. The van der Waals surface area contributed by atoms with Crippen LogP contribution in [-0.4, -0.2) is 45.5 Å². The Labute approximate surface area is 172 Å². The fourth-order valence-corrected chi connectivity index (χ4v) is 5.39. The smallest absolute Gasteiger partial charge is 0.264 e. The predicted molar refractivity (Wildman–Crippen MR) is 112 cm³/mol. The molecular formula is C22H26N2O4S. The van der Waals surface area contributed by atoms with E-state index in [2.05, 4.69) is 6.92 Å². The molecule has 0 radical (unpaired) electrons. The molecule has 1 saturated heterocycles. The molecule has 2 aliphatic heterocycles. The number of rotatable bonds is 5. The Hall–Kier alpha value is -2.54. The number of hydrogen-bond acceptors (Lipinski definition) is 4. The van der Waals surface area contributed by atoms with Crippen molar-refractivity contribution in [1.29, 1.82) is 0 Å². The lowest BCUT2D eigenvalue weighted by atomic mass is 9.99.